The summed E-state index contributed by atoms with van der Waals surface area (Å²) in [7, 11) is 0. The molecule has 2 fully saturated rings. The summed E-state index contributed by atoms with van der Waals surface area (Å²) in [4.78, 5) is 11.1. The van der Waals surface area contributed by atoms with Crippen molar-refractivity contribution in [2.75, 3.05) is 25.0 Å². The number of nitrogens with one attached hydrogen (secondary N) is 1. The SMILES string of the molecule is Cc1ncc(CN2CCC3(CC2)C[C@@]2(CO3)Nc3cc(Cl)ccc3-n3cccc32)cn1. The van der Waals surface area contributed by atoms with Gasteiger partial charge in [-0.15, -0.1) is 0 Å². The summed E-state index contributed by atoms with van der Waals surface area (Å²) in [6.45, 7) is 5.54. The molecule has 6 rings (SSSR count). The van der Waals surface area contributed by atoms with Gasteiger partial charge in [-0.1, -0.05) is 11.6 Å². The number of hydrogen-bond acceptors (Lipinski definition) is 5. The summed E-state index contributed by atoms with van der Waals surface area (Å²) in [6, 6.07) is 10.4. The Morgan fingerprint density at radius 3 is 2.77 bits per heavy atom. The highest BCUT2D eigenvalue weighted by Crippen LogP contribution is 2.50. The number of piperidine rings is 1. The first-order valence-corrected chi connectivity index (χ1v) is 11.3. The number of anilines is 1. The van der Waals surface area contributed by atoms with Crippen molar-refractivity contribution in [3.05, 3.63) is 71.0 Å². The van der Waals surface area contributed by atoms with Crippen molar-refractivity contribution in [3.63, 3.8) is 0 Å². The fourth-order valence-corrected chi connectivity index (χ4v) is 5.67. The molecular formula is C24H26ClN5O. The predicted molar refractivity (Wildman–Crippen MR) is 121 cm³/mol. The molecule has 160 valence electrons. The van der Waals surface area contributed by atoms with Gasteiger partial charge in [-0.2, -0.15) is 0 Å². The summed E-state index contributed by atoms with van der Waals surface area (Å²) in [5, 5.41) is 4.57. The van der Waals surface area contributed by atoms with Crippen molar-refractivity contribution in [2.45, 2.75) is 43.9 Å². The van der Waals surface area contributed by atoms with E-state index >= 15 is 0 Å². The molecule has 0 unspecified atom stereocenters. The minimum Gasteiger partial charge on any atom is -0.372 e. The monoisotopic (exact) mass is 435 g/mol. The standard InChI is InChI=1S/C24H26ClN5O/c1-17-26-12-18(13-27-17)14-29-9-6-23(7-10-29)15-24(16-31-23)22-3-2-8-30(22)21-5-4-19(25)11-20(21)28-24/h2-5,8,11-13,28H,6-7,9-10,14-16H2,1H3/t24-/m0/s1. The molecule has 0 aliphatic carbocycles. The topological polar surface area (TPSA) is 55.2 Å². The second-order valence-corrected chi connectivity index (χ2v) is 9.63. The van der Waals surface area contributed by atoms with Gasteiger partial charge in [-0.25, -0.2) is 9.97 Å². The van der Waals surface area contributed by atoms with E-state index in [1.807, 2.05) is 31.5 Å². The number of likely N-dealkylation sites (tertiary alicyclic amines) is 1. The normalized spacial score (nSPS) is 24.2. The van der Waals surface area contributed by atoms with Crippen LogP contribution < -0.4 is 5.32 Å². The molecule has 1 N–H and O–H groups in total. The Bertz CT molecular complexity index is 1120. The van der Waals surface area contributed by atoms with Crippen LogP contribution >= 0.6 is 11.6 Å². The number of aryl methyl sites for hydroxylation is 1. The first kappa shape index (κ1) is 19.3. The van der Waals surface area contributed by atoms with Crippen LogP contribution in [-0.4, -0.2) is 44.7 Å². The third-order valence-electron chi connectivity index (χ3n) is 7.09. The van der Waals surface area contributed by atoms with Crippen LogP contribution in [0.3, 0.4) is 0 Å². The maximum absolute atomic E-state index is 6.60. The van der Waals surface area contributed by atoms with Gasteiger partial charge in [0, 0.05) is 55.2 Å². The number of benzene rings is 1. The lowest BCUT2D eigenvalue weighted by Gasteiger charge is -2.41. The highest BCUT2D eigenvalue weighted by Gasteiger charge is 2.53. The number of nitrogens with zero attached hydrogens (tertiary/aromatic N) is 4. The van der Waals surface area contributed by atoms with Crippen LogP contribution in [0, 0.1) is 6.92 Å². The van der Waals surface area contributed by atoms with Crippen LogP contribution in [0.2, 0.25) is 5.02 Å². The fourth-order valence-electron chi connectivity index (χ4n) is 5.49. The van der Waals surface area contributed by atoms with E-state index in [4.69, 9.17) is 16.3 Å². The molecule has 6 nitrogen and oxygen atoms in total. The summed E-state index contributed by atoms with van der Waals surface area (Å²) >= 11 is 6.31. The van der Waals surface area contributed by atoms with Gasteiger partial charge in [0.1, 0.15) is 11.4 Å². The minimum atomic E-state index is -0.214. The molecule has 2 spiro atoms. The van der Waals surface area contributed by atoms with Crippen molar-refractivity contribution in [2.24, 2.45) is 0 Å². The van der Waals surface area contributed by atoms with Crippen LogP contribution in [0.4, 0.5) is 5.69 Å². The molecule has 2 aromatic heterocycles. The molecule has 1 atom stereocenters. The summed E-state index contributed by atoms with van der Waals surface area (Å²) in [5.74, 6) is 0.818. The largest absolute Gasteiger partial charge is 0.372 e. The highest BCUT2D eigenvalue weighted by atomic mass is 35.5. The third-order valence-corrected chi connectivity index (χ3v) is 7.32. The molecular weight excluding hydrogens is 410 g/mol. The van der Waals surface area contributed by atoms with E-state index < -0.39 is 0 Å². The van der Waals surface area contributed by atoms with Gasteiger partial charge in [-0.05, 0) is 50.1 Å². The smallest absolute Gasteiger partial charge is 0.125 e. The molecule has 7 heteroatoms. The zero-order valence-electron chi connectivity index (χ0n) is 17.6. The number of aromatic nitrogens is 3. The summed E-state index contributed by atoms with van der Waals surface area (Å²) < 4.78 is 8.89. The van der Waals surface area contributed by atoms with Gasteiger partial charge < -0.3 is 14.6 Å². The van der Waals surface area contributed by atoms with E-state index in [9.17, 15) is 0 Å². The molecule has 3 aromatic rings. The molecule has 3 aliphatic heterocycles. The van der Waals surface area contributed by atoms with E-state index in [2.05, 4.69) is 49.1 Å². The van der Waals surface area contributed by atoms with E-state index in [1.54, 1.807) is 0 Å². The number of rotatable bonds is 2. The van der Waals surface area contributed by atoms with Crippen molar-refractivity contribution in [1.29, 1.82) is 0 Å². The average Bonchev–Trinajstić information content (AvgIpc) is 3.39. The van der Waals surface area contributed by atoms with E-state index in [-0.39, 0.29) is 11.1 Å². The van der Waals surface area contributed by atoms with E-state index in [1.165, 1.54) is 11.3 Å². The Kier molecular flexibility index (Phi) is 4.39. The van der Waals surface area contributed by atoms with Gasteiger partial charge in [-0.3, -0.25) is 4.90 Å². The van der Waals surface area contributed by atoms with Gasteiger partial charge >= 0.3 is 0 Å². The van der Waals surface area contributed by atoms with Crippen molar-refractivity contribution < 1.29 is 4.74 Å². The molecule has 2 saturated heterocycles. The van der Waals surface area contributed by atoms with Gasteiger partial charge in [0.05, 0.1) is 29.3 Å². The van der Waals surface area contributed by atoms with Gasteiger partial charge in [0.2, 0.25) is 0 Å². The van der Waals surface area contributed by atoms with Crippen molar-refractivity contribution in [1.82, 2.24) is 19.4 Å². The van der Waals surface area contributed by atoms with Crippen LogP contribution in [0.15, 0.2) is 48.9 Å². The second kappa shape index (κ2) is 7.05. The quantitative estimate of drug-likeness (QED) is 0.650. The van der Waals surface area contributed by atoms with Crippen LogP contribution in [-0.2, 0) is 16.8 Å². The highest BCUT2D eigenvalue weighted by molar-refractivity contribution is 6.31. The van der Waals surface area contributed by atoms with Gasteiger partial charge in [0.15, 0.2) is 0 Å². The minimum absolute atomic E-state index is 0.0849. The lowest BCUT2D eigenvalue weighted by molar-refractivity contribution is -0.0452. The van der Waals surface area contributed by atoms with Crippen LogP contribution in [0.5, 0.6) is 0 Å². The van der Waals surface area contributed by atoms with Crippen molar-refractivity contribution >= 4 is 17.3 Å². The lowest BCUT2D eigenvalue weighted by Crippen LogP contribution is -2.46. The second-order valence-electron chi connectivity index (χ2n) is 9.20. The zero-order valence-corrected chi connectivity index (χ0v) is 18.4. The number of hydrogen-bond donors (Lipinski definition) is 1. The summed E-state index contributed by atoms with van der Waals surface area (Å²) in [5.41, 5.74) is 4.37. The average molecular weight is 436 g/mol. The molecule has 0 saturated carbocycles. The van der Waals surface area contributed by atoms with E-state index in [0.717, 1.165) is 61.1 Å². The molecule has 0 amide bonds. The number of ether oxygens (including phenoxy) is 1. The molecule has 3 aliphatic rings. The first-order chi connectivity index (χ1) is 15.0. The maximum Gasteiger partial charge on any atom is 0.125 e. The summed E-state index contributed by atoms with van der Waals surface area (Å²) in [6.07, 6.45) is 9.06. The Balaban J connectivity index is 1.21. The zero-order chi connectivity index (χ0) is 21.1. The number of fused-ring (bicyclic) bond motifs is 4. The Morgan fingerprint density at radius 2 is 1.97 bits per heavy atom. The third kappa shape index (κ3) is 3.25. The van der Waals surface area contributed by atoms with E-state index in [0.29, 0.717) is 6.61 Å². The molecule has 31 heavy (non-hydrogen) atoms. The Labute approximate surface area is 187 Å². The molecule has 5 heterocycles. The van der Waals surface area contributed by atoms with Gasteiger partial charge in [0.25, 0.3) is 0 Å². The van der Waals surface area contributed by atoms with Crippen LogP contribution in [0.25, 0.3) is 5.69 Å². The molecule has 0 bridgehead atoms. The van der Waals surface area contributed by atoms with Crippen molar-refractivity contribution in [3.8, 4) is 5.69 Å². The predicted octanol–water partition coefficient (Wildman–Crippen LogP) is 4.31. The lowest BCUT2D eigenvalue weighted by atomic mass is 9.79. The van der Waals surface area contributed by atoms with Crippen LogP contribution in [0.1, 0.15) is 36.3 Å². The molecule has 1 aromatic carbocycles. The maximum atomic E-state index is 6.60. The Morgan fingerprint density at radius 1 is 1.16 bits per heavy atom. The first-order valence-electron chi connectivity index (χ1n) is 10.9. The number of halogens is 1. The fraction of sp³-hybridized carbons (Fsp3) is 0.417. The Hall–Kier alpha value is -2.41. The molecule has 0 radical (unpaired) electrons.